The van der Waals surface area contributed by atoms with E-state index in [1.807, 2.05) is 48.5 Å². The summed E-state index contributed by atoms with van der Waals surface area (Å²) in [5.74, 6) is -0.424. The van der Waals surface area contributed by atoms with Crippen LogP contribution in [-0.2, 0) is 6.61 Å². The van der Waals surface area contributed by atoms with E-state index in [0.29, 0.717) is 22.6 Å². The Kier molecular flexibility index (Phi) is 9.20. The van der Waals surface area contributed by atoms with Crippen molar-refractivity contribution in [1.29, 1.82) is 0 Å². The molecule has 0 saturated carbocycles. The minimum Gasteiger partial charge on any atom is -0.493 e. The van der Waals surface area contributed by atoms with E-state index in [1.54, 1.807) is 42.5 Å². The number of methoxy groups -OCH3 is 1. The van der Waals surface area contributed by atoms with Crippen LogP contribution in [0.5, 0.6) is 11.5 Å². The van der Waals surface area contributed by atoms with Crippen LogP contribution in [0.3, 0.4) is 0 Å². The lowest BCUT2D eigenvalue weighted by Gasteiger charge is -2.15. The normalized spacial score (nSPS) is 10.9. The first kappa shape index (κ1) is 30.6. The van der Waals surface area contributed by atoms with E-state index in [4.69, 9.17) is 14.6 Å². The monoisotopic (exact) mass is 621 g/mol. The Hall–Kier alpha value is -6.41. The highest BCUT2D eigenvalue weighted by Crippen LogP contribution is 2.33. The Bertz CT molecular complexity index is 1960. The van der Waals surface area contributed by atoms with Gasteiger partial charge in [-0.15, -0.1) is 0 Å². The number of carbonyl (C=O) groups excluding carboxylic acids is 1. The Morgan fingerprint density at radius 2 is 1.32 bits per heavy atom. The van der Waals surface area contributed by atoms with E-state index in [0.717, 1.165) is 33.8 Å². The number of carboxylic acid groups (broad SMARTS) is 1. The molecule has 5 aromatic carbocycles. The Morgan fingerprint density at radius 3 is 1.89 bits per heavy atom. The van der Waals surface area contributed by atoms with Gasteiger partial charge in [-0.3, -0.25) is 4.79 Å². The van der Waals surface area contributed by atoms with Crippen LogP contribution in [0, 0.1) is 0 Å². The average Bonchev–Trinajstić information content (AvgIpc) is 3.57. The van der Waals surface area contributed by atoms with Crippen LogP contribution >= 0.6 is 0 Å². The molecule has 2 N–H and O–H groups in total. The molecule has 0 unspecified atom stereocenters. The standard InChI is InChI=1S/C39H31N3O5/c1-46-36-14-8-13-32(37(36)47-26-27-15-17-31(18-16-27)39(44)45)25-40-41-38(43)30-19-21-33(22-20-30)42-34(28-9-4-2-5-10-28)23-24-35(42)29-11-6-3-7-12-29/h2-25H,26H2,1H3,(H,41,43)(H,44,45)/b40-25-. The first-order valence-electron chi connectivity index (χ1n) is 14.9. The van der Waals surface area contributed by atoms with Gasteiger partial charge in [-0.1, -0.05) is 78.9 Å². The third kappa shape index (κ3) is 6.97. The highest BCUT2D eigenvalue weighted by molar-refractivity contribution is 5.95. The van der Waals surface area contributed by atoms with Crippen LogP contribution < -0.4 is 14.9 Å². The maximum atomic E-state index is 13.1. The van der Waals surface area contributed by atoms with E-state index in [9.17, 15) is 9.59 Å². The number of ether oxygens (including phenoxy) is 2. The fraction of sp³-hybridized carbons (Fsp3) is 0.0513. The number of carbonyl (C=O) groups is 2. The molecule has 0 saturated heterocycles. The molecule has 8 heteroatoms. The molecule has 1 heterocycles. The second-order valence-corrected chi connectivity index (χ2v) is 10.6. The first-order chi connectivity index (χ1) is 23.0. The van der Waals surface area contributed by atoms with Gasteiger partial charge in [0.15, 0.2) is 11.5 Å². The molecule has 1 amide bonds. The van der Waals surface area contributed by atoms with Crippen LogP contribution in [0.25, 0.3) is 28.2 Å². The Balaban J connectivity index is 1.19. The molecule has 0 radical (unpaired) electrons. The zero-order valence-corrected chi connectivity index (χ0v) is 25.5. The van der Waals surface area contributed by atoms with Crippen molar-refractivity contribution < 1.29 is 24.2 Å². The van der Waals surface area contributed by atoms with Gasteiger partial charge >= 0.3 is 5.97 Å². The molecule has 0 aliphatic carbocycles. The number of carboxylic acids is 1. The summed E-state index contributed by atoms with van der Waals surface area (Å²) in [6, 6.07) is 43.8. The molecule has 0 spiro atoms. The summed E-state index contributed by atoms with van der Waals surface area (Å²) in [5, 5.41) is 13.3. The third-order valence-corrected chi connectivity index (χ3v) is 7.59. The SMILES string of the molecule is COc1cccc(/C=N\NC(=O)c2ccc(-n3c(-c4ccccc4)ccc3-c3ccccc3)cc2)c1OCc1ccc(C(=O)O)cc1. The number of hydrazone groups is 1. The lowest BCUT2D eigenvalue weighted by Crippen LogP contribution is -2.17. The van der Waals surface area contributed by atoms with Gasteiger partial charge in [-0.05, 0) is 77.4 Å². The quantitative estimate of drug-likeness (QED) is 0.113. The molecule has 8 nitrogen and oxygen atoms in total. The number of hydrogen-bond donors (Lipinski definition) is 2. The summed E-state index contributed by atoms with van der Waals surface area (Å²) < 4.78 is 13.7. The molecule has 0 aliphatic rings. The molecular weight excluding hydrogens is 590 g/mol. The topological polar surface area (TPSA) is 102 Å². The summed E-state index contributed by atoms with van der Waals surface area (Å²) in [6.45, 7) is 0.180. The fourth-order valence-corrected chi connectivity index (χ4v) is 5.22. The lowest BCUT2D eigenvalue weighted by atomic mass is 10.1. The molecule has 47 heavy (non-hydrogen) atoms. The zero-order chi connectivity index (χ0) is 32.6. The number of aromatic carboxylic acids is 1. The predicted molar refractivity (Wildman–Crippen MR) is 182 cm³/mol. The number of amides is 1. The highest BCUT2D eigenvalue weighted by Gasteiger charge is 2.15. The van der Waals surface area contributed by atoms with Gasteiger partial charge in [-0.25, -0.2) is 10.2 Å². The number of para-hydroxylation sites is 1. The van der Waals surface area contributed by atoms with Crippen LogP contribution in [-0.4, -0.2) is 34.9 Å². The molecule has 232 valence electrons. The molecule has 0 bridgehead atoms. The number of hydrogen-bond acceptors (Lipinski definition) is 5. The first-order valence-corrected chi connectivity index (χ1v) is 14.9. The molecular formula is C39H31N3O5. The van der Waals surface area contributed by atoms with Gasteiger partial charge in [0.25, 0.3) is 5.91 Å². The van der Waals surface area contributed by atoms with Gasteiger partial charge in [0, 0.05) is 16.8 Å². The van der Waals surface area contributed by atoms with Crippen LogP contribution in [0.1, 0.15) is 31.8 Å². The van der Waals surface area contributed by atoms with Crippen LogP contribution in [0.15, 0.2) is 145 Å². The molecule has 6 rings (SSSR count). The van der Waals surface area contributed by atoms with Gasteiger partial charge in [-0.2, -0.15) is 5.10 Å². The fourth-order valence-electron chi connectivity index (χ4n) is 5.22. The van der Waals surface area contributed by atoms with E-state index >= 15 is 0 Å². The molecule has 6 aromatic rings. The van der Waals surface area contributed by atoms with Crippen LogP contribution in [0.2, 0.25) is 0 Å². The molecule has 0 aliphatic heterocycles. The molecule has 0 fully saturated rings. The Morgan fingerprint density at radius 1 is 0.723 bits per heavy atom. The van der Waals surface area contributed by atoms with Gasteiger partial charge < -0.3 is 19.1 Å². The summed E-state index contributed by atoms with van der Waals surface area (Å²) in [5.41, 5.74) is 9.81. The third-order valence-electron chi connectivity index (χ3n) is 7.59. The van der Waals surface area contributed by atoms with E-state index in [2.05, 4.69) is 51.5 Å². The smallest absolute Gasteiger partial charge is 0.335 e. The van der Waals surface area contributed by atoms with Gasteiger partial charge in [0.05, 0.1) is 30.3 Å². The number of nitrogens with zero attached hydrogens (tertiary/aromatic N) is 2. The second kappa shape index (κ2) is 14.1. The summed E-state index contributed by atoms with van der Waals surface area (Å²) >= 11 is 0. The number of aromatic nitrogens is 1. The van der Waals surface area contributed by atoms with E-state index < -0.39 is 5.97 Å². The van der Waals surface area contributed by atoms with E-state index in [-0.39, 0.29) is 18.1 Å². The van der Waals surface area contributed by atoms with Crippen molar-refractivity contribution in [3.63, 3.8) is 0 Å². The predicted octanol–water partition coefficient (Wildman–Crippen LogP) is 7.86. The number of benzene rings is 5. The van der Waals surface area contributed by atoms with Gasteiger partial charge in [0.1, 0.15) is 6.61 Å². The number of nitrogens with one attached hydrogen (secondary N) is 1. The van der Waals surface area contributed by atoms with Crippen molar-refractivity contribution >= 4 is 18.1 Å². The van der Waals surface area contributed by atoms with Crippen molar-refractivity contribution in [1.82, 2.24) is 9.99 Å². The van der Waals surface area contributed by atoms with Gasteiger partial charge in [0.2, 0.25) is 0 Å². The average molecular weight is 622 g/mol. The molecule has 1 aromatic heterocycles. The summed E-state index contributed by atoms with van der Waals surface area (Å²) in [7, 11) is 1.54. The highest BCUT2D eigenvalue weighted by atomic mass is 16.5. The van der Waals surface area contributed by atoms with Crippen molar-refractivity contribution in [2.45, 2.75) is 6.61 Å². The van der Waals surface area contributed by atoms with Crippen molar-refractivity contribution in [3.05, 3.63) is 162 Å². The Labute approximate surface area is 272 Å². The van der Waals surface area contributed by atoms with Crippen molar-refractivity contribution in [2.75, 3.05) is 7.11 Å². The lowest BCUT2D eigenvalue weighted by molar-refractivity contribution is 0.0696. The van der Waals surface area contributed by atoms with Crippen molar-refractivity contribution in [2.24, 2.45) is 5.10 Å². The zero-order valence-electron chi connectivity index (χ0n) is 25.5. The van der Waals surface area contributed by atoms with Crippen molar-refractivity contribution in [3.8, 4) is 39.7 Å². The summed E-state index contributed by atoms with van der Waals surface area (Å²) in [6.07, 6.45) is 1.50. The van der Waals surface area contributed by atoms with Crippen LogP contribution in [0.4, 0.5) is 0 Å². The molecule has 0 atom stereocenters. The second-order valence-electron chi connectivity index (χ2n) is 10.6. The maximum absolute atomic E-state index is 13.1. The largest absolute Gasteiger partial charge is 0.493 e. The van der Waals surface area contributed by atoms with E-state index in [1.165, 1.54) is 25.5 Å². The maximum Gasteiger partial charge on any atom is 0.335 e. The minimum atomic E-state index is -0.992. The summed E-state index contributed by atoms with van der Waals surface area (Å²) in [4.78, 5) is 24.2. The minimum absolute atomic E-state index is 0.180. The number of rotatable bonds is 11.